The SMILES string of the molecule is Cc1ccc(-c2nc(NC(=O)C(C)C)c(C)[nH]2)cc1C. The molecule has 0 aliphatic carbocycles. The number of benzene rings is 1. The first kappa shape index (κ1) is 14.3. The van der Waals surface area contributed by atoms with E-state index in [0.29, 0.717) is 5.82 Å². The molecule has 0 atom stereocenters. The Morgan fingerprint density at radius 2 is 1.90 bits per heavy atom. The standard InChI is InChI=1S/C16H21N3O/c1-9(2)16(20)19-14-12(5)17-15(18-14)13-7-6-10(3)11(4)8-13/h6-9H,1-5H3,(H,17,18)(H,19,20). The summed E-state index contributed by atoms with van der Waals surface area (Å²) in [4.78, 5) is 19.5. The molecule has 0 aliphatic heterocycles. The largest absolute Gasteiger partial charge is 0.340 e. The van der Waals surface area contributed by atoms with Gasteiger partial charge in [0.25, 0.3) is 0 Å². The maximum absolute atomic E-state index is 11.7. The van der Waals surface area contributed by atoms with Crippen molar-refractivity contribution >= 4 is 11.7 Å². The predicted octanol–water partition coefficient (Wildman–Crippen LogP) is 3.60. The number of aromatic nitrogens is 2. The molecule has 0 radical (unpaired) electrons. The fourth-order valence-electron chi connectivity index (χ4n) is 1.87. The van der Waals surface area contributed by atoms with E-state index in [9.17, 15) is 4.79 Å². The van der Waals surface area contributed by atoms with Gasteiger partial charge in [0.1, 0.15) is 5.82 Å². The molecule has 0 aliphatic rings. The van der Waals surface area contributed by atoms with Gasteiger partial charge in [-0.15, -0.1) is 0 Å². The van der Waals surface area contributed by atoms with E-state index in [1.165, 1.54) is 11.1 Å². The molecule has 2 N–H and O–H groups in total. The van der Waals surface area contributed by atoms with Gasteiger partial charge >= 0.3 is 0 Å². The van der Waals surface area contributed by atoms with Crippen molar-refractivity contribution in [3.8, 4) is 11.4 Å². The van der Waals surface area contributed by atoms with Crippen molar-refractivity contribution in [2.75, 3.05) is 5.32 Å². The molecule has 1 aromatic carbocycles. The van der Waals surface area contributed by atoms with Gasteiger partial charge in [0.05, 0.1) is 5.69 Å². The smallest absolute Gasteiger partial charge is 0.228 e. The Morgan fingerprint density at radius 3 is 2.50 bits per heavy atom. The van der Waals surface area contributed by atoms with Crippen molar-refractivity contribution in [2.45, 2.75) is 34.6 Å². The van der Waals surface area contributed by atoms with Crippen LogP contribution >= 0.6 is 0 Å². The summed E-state index contributed by atoms with van der Waals surface area (Å²) in [6.45, 7) is 9.80. The van der Waals surface area contributed by atoms with Crippen LogP contribution in [-0.2, 0) is 4.79 Å². The highest BCUT2D eigenvalue weighted by Crippen LogP contribution is 2.23. The van der Waals surface area contributed by atoms with E-state index in [0.717, 1.165) is 17.1 Å². The van der Waals surface area contributed by atoms with Crippen molar-refractivity contribution in [1.82, 2.24) is 9.97 Å². The Labute approximate surface area is 119 Å². The van der Waals surface area contributed by atoms with Gasteiger partial charge in [-0.1, -0.05) is 26.0 Å². The molecule has 0 saturated carbocycles. The molecular weight excluding hydrogens is 250 g/mol. The number of carbonyl (C=O) groups is 1. The Balaban J connectivity index is 2.31. The first-order valence-corrected chi connectivity index (χ1v) is 6.83. The zero-order valence-corrected chi connectivity index (χ0v) is 12.7. The number of rotatable bonds is 3. The van der Waals surface area contributed by atoms with Crippen LogP contribution in [0.25, 0.3) is 11.4 Å². The molecule has 4 heteroatoms. The second-order valence-electron chi connectivity index (χ2n) is 5.50. The molecule has 1 heterocycles. The van der Waals surface area contributed by atoms with Crippen LogP contribution in [0.5, 0.6) is 0 Å². The summed E-state index contributed by atoms with van der Waals surface area (Å²) in [6, 6.07) is 6.21. The molecular formula is C16H21N3O. The van der Waals surface area contributed by atoms with Crippen molar-refractivity contribution in [3.05, 3.63) is 35.0 Å². The molecule has 1 amide bonds. The van der Waals surface area contributed by atoms with E-state index in [2.05, 4.69) is 41.3 Å². The van der Waals surface area contributed by atoms with Crippen molar-refractivity contribution in [2.24, 2.45) is 5.92 Å². The number of anilines is 1. The summed E-state index contributed by atoms with van der Waals surface area (Å²) in [6.07, 6.45) is 0. The van der Waals surface area contributed by atoms with Crippen LogP contribution in [0.15, 0.2) is 18.2 Å². The number of aryl methyl sites for hydroxylation is 3. The van der Waals surface area contributed by atoms with Gasteiger partial charge in [0, 0.05) is 11.5 Å². The van der Waals surface area contributed by atoms with E-state index in [1.807, 2.05) is 26.8 Å². The zero-order chi connectivity index (χ0) is 14.9. The van der Waals surface area contributed by atoms with Crippen LogP contribution in [0.1, 0.15) is 30.7 Å². The Bertz CT molecular complexity index is 641. The highest BCUT2D eigenvalue weighted by molar-refractivity contribution is 5.92. The fourth-order valence-corrected chi connectivity index (χ4v) is 1.87. The van der Waals surface area contributed by atoms with Crippen LogP contribution < -0.4 is 5.32 Å². The van der Waals surface area contributed by atoms with E-state index >= 15 is 0 Å². The first-order chi connectivity index (χ1) is 9.38. The number of carbonyl (C=O) groups excluding carboxylic acids is 1. The van der Waals surface area contributed by atoms with E-state index in [-0.39, 0.29) is 11.8 Å². The van der Waals surface area contributed by atoms with Crippen molar-refractivity contribution in [3.63, 3.8) is 0 Å². The Hall–Kier alpha value is -2.10. The third kappa shape index (κ3) is 2.90. The summed E-state index contributed by atoms with van der Waals surface area (Å²) >= 11 is 0. The lowest BCUT2D eigenvalue weighted by Gasteiger charge is -2.05. The Morgan fingerprint density at radius 1 is 1.20 bits per heavy atom. The first-order valence-electron chi connectivity index (χ1n) is 6.83. The average Bonchev–Trinajstić information content (AvgIpc) is 2.74. The summed E-state index contributed by atoms with van der Waals surface area (Å²) in [5, 5.41) is 2.84. The van der Waals surface area contributed by atoms with Crippen molar-refractivity contribution < 1.29 is 4.79 Å². The maximum Gasteiger partial charge on any atom is 0.228 e. The molecule has 0 saturated heterocycles. The number of amides is 1. The van der Waals surface area contributed by atoms with Crippen LogP contribution in [0, 0.1) is 26.7 Å². The Kier molecular flexibility index (Phi) is 3.93. The van der Waals surface area contributed by atoms with Crippen molar-refractivity contribution in [1.29, 1.82) is 0 Å². The molecule has 4 nitrogen and oxygen atoms in total. The third-order valence-electron chi connectivity index (χ3n) is 3.43. The highest BCUT2D eigenvalue weighted by atomic mass is 16.1. The fraction of sp³-hybridized carbons (Fsp3) is 0.375. The van der Waals surface area contributed by atoms with Crippen LogP contribution in [-0.4, -0.2) is 15.9 Å². The molecule has 2 rings (SSSR count). The topological polar surface area (TPSA) is 57.8 Å². The summed E-state index contributed by atoms with van der Waals surface area (Å²) in [7, 11) is 0. The minimum Gasteiger partial charge on any atom is -0.340 e. The summed E-state index contributed by atoms with van der Waals surface area (Å²) < 4.78 is 0. The highest BCUT2D eigenvalue weighted by Gasteiger charge is 2.13. The van der Waals surface area contributed by atoms with Crippen LogP contribution in [0.2, 0.25) is 0 Å². The number of imidazole rings is 1. The molecule has 106 valence electrons. The normalized spacial score (nSPS) is 10.9. The lowest BCUT2D eigenvalue weighted by Crippen LogP contribution is -2.18. The minimum absolute atomic E-state index is 0.0220. The third-order valence-corrected chi connectivity index (χ3v) is 3.43. The second kappa shape index (κ2) is 5.49. The van der Waals surface area contributed by atoms with E-state index < -0.39 is 0 Å². The zero-order valence-electron chi connectivity index (χ0n) is 12.7. The van der Waals surface area contributed by atoms with Crippen LogP contribution in [0.3, 0.4) is 0 Å². The maximum atomic E-state index is 11.7. The van der Waals surface area contributed by atoms with Gasteiger partial charge in [0.2, 0.25) is 5.91 Å². The summed E-state index contributed by atoms with van der Waals surface area (Å²) in [5.41, 5.74) is 4.38. The second-order valence-corrected chi connectivity index (χ2v) is 5.50. The van der Waals surface area contributed by atoms with Gasteiger partial charge in [-0.25, -0.2) is 4.98 Å². The monoisotopic (exact) mass is 271 g/mol. The number of H-pyrrole nitrogens is 1. The lowest BCUT2D eigenvalue weighted by atomic mass is 10.1. The minimum atomic E-state index is -0.0591. The molecule has 1 aromatic heterocycles. The quantitative estimate of drug-likeness (QED) is 0.896. The van der Waals surface area contributed by atoms with Gasteiger partial charge in [-0.05, 0) is 38.0 Å². The van der Waals surface area contributed by atoms with E-state index in [4.69, 9.17) is 0 Å². The predicted molar refractivity (Wildman–Crippen MR) is 81.7 cm³/mol. The molecule has 0 fully saturated rings. The van der Waals surface area contributed by atoms with Gasteiger partial charge in [0.15, 0.2) is 5.82 Å². The van der Waals surface area contributed by atoms with Gasteiger partial charge in [-0.3, -0.25) is 4.79 Å². The van der Waals surface area contributed by atoms with Gasteiger partial charge < -0.3 is 10.3 Å². The number of aromatic amines is 1. The van der Waals surface area contributed by atoms with Gasteiger partial charge in [-0.2, -0.15) is 0 Å². The molecule has 2 aromatic rings. The lowest BCUT2D eigenvalue weighted by molar-refractivity contribution is -0.118. The molecule has 0 spiro atoms. The summed E-state index contributed by atoms with van der Waals surface area (Å²) in [5.74, 6) is 1.31. The average molecular weight is 271 g/mol. The van der Waals surface area contributed by atoms with Crippen LogP contribution in [0.4, 0.5) is 5.82 Å². The van der Waals surface area contributed by atoms with E-state index in [1.54, 1.807) is 0 Å². The number of hydrogen-bond donors (Lipinski definition) is 2. The molecule has 0 bridgehead atoms. The molecule has 0 unspecified atom stereocenters. The number of hydrogen-bond acceptors (Lipinski definition) is 2. The number of nitrogens with zero attached hydrogens (tertiary/aromatic N) is 1. The number of nitrogens with one attached hydrogen (secondary N) is 2. The molecule has 20 heavy (non-hydrogen) atoms.